The summed E-state index contributed by atoms with van der Waals surface area (Å²) >= 11 is 1.65. The van der Waals surface area contributed by atoms with Crippen LogP contribution in [0.4, 0.5) is 0 Å². The lowest BCUT2D eigenvalue weighted by atomic mass is 9.90. The van der Waals surface area contributed by atoms with Crippen LogP contribution in [0.2, 0.25) is 0 Å². The summed E-state index contributed by atoms with van der Waals surface area (Å²) in [5.74, 6) is 1.58. The molecule has 0 spiro atoms. The fourth-order valence-corrected chi connectivity index (χ4v) is 3.88. The third kappa shape index (κ3) is 3.69. The molecular formula is C18H21NO2S. The molecule has 2 aromatic rings. The first kappa shape index (κ1) is 15.1. The van der Waals surface area contributed by atoms with Gasteiger partial charge in [-0.2, -0.15) is 0 Å². The minimum absolute atomic E-state index is 0.0173. The number of carbonyl (C=O) groups excluding carboxylic acids is 1. The van der Waals surface area contributed by atoms with Crippen LogP contribution < -0.4 is 10.1 Å². The van der Waals surface area contributed by atoms with E-state index in [0.717, 1.165) is 29.4 Å². The molecule has 4 heteroatoms. The second-order valence-electron chi connectivity index (χ2n) is 5.82. The third-order valence-corrected chi connectivity index (χ3v) is 5.19. The summed E-state index contributed by atoms with van der Waals surface area (Å²) in [6, 6.07) is 11.7. The molecule has 0 bridgehead atoms. The average molecular weight is 315 g/mol. The minimum atomic E-state index is 0.0173. The molecule has 22 heavy (non-hydrogen) atoms. The lowest BCUT2D eigenvalue weighted by Crippen LogP contribution is -2.27. The number of fused-ring (bicyclic) bond motifs is 1. The van der Waals surface area contributed by atoms with Crippen LogP contribution in [0.25, 0.3) is 0 Å². The SMILES string of the molecule is CC1CCc2sc(C(=O)NCCOc3ccccc3)cc2C1. The summed E-state index contributed by atoms with van der Waals surface area (Å²) in [6.45, 7) is 3.28. The van der Waals surface area contributed by atoms with Crippen molar-refractivity contribution in [1.29, 1.82) is 0 Å². The van der Waals surface area contributed by atoms with Gasteiger partial charge in [0, 0.05) is 4.88 Å². The van der Waals surface area contributed by atoms with Gasteiger partial charge in [0.2, 0.25) is 0 Å². The monoisotopic (exact) mass is 315 g/mol. The fourth-order valence-electron chi connectivity index (χ4n) is 2.75. The summed E-state index contributed by atoms with van der Waals surface area (Å²) < 4.78 is 5.58. The van der Waals surface area contributed by atoms with Gasteiger partial charge in [-0.25, -0.2) is 0 Å². The van der Waals surface area contributed by atoms with E-state index in [1.54, 1.807) is 11.3 Å². The molecular weight excluding hydrogens is 294 g/mol. The predicted molar refractivity (Wildman–Crippen MR) is 89.8 cm³/mol. The quantitative estimate of drug-likeness (QED) is 0.855. The molecule has 1 aromatic carbocycles. The van der Waals surface area contributed by atoms with Gasteiger partial charge in [0.25, 0.3) is 5.91 Å². The van der Waals surface area contributed by atoms with Crippen LogP contribution in [0.3, 0.4) is 0 Å². The van der Waals surface area contributed by atoms with Gasteiger partial charge in [-0.1, -0.05) is 25.1 Å². The number of ether oxygens (including phenoxy) is 1. The fraction of sp³-hybridized carbons (Fsp3) is 0.389. The molecule has 1 aliphatic carbocycles. The highest BCUT2D eigenvalue weighted by molar-refractivity contribution is 7.14. The summed E-state index contributed by atoms with van der Waals surface area (Å²) in [7, 11) is 0. The van der Waals surface area contributed by atoms with Crippen LogP contribution in [0.15, 0.2) is 36.4 Å². The Hall–Kier alpha value is -1.81. The molecule has 1 unspecified atom stereocenters. The topological polar surface area (TPSA) is 38.3 Å². The number of amides is 1. The number of hydrogen-bond donors (Lipinski definition) is 1. The molecule has 0 aliphatic heterocycles. The first-order valence-corrected chi connectivity index (χ1v) is 8.61. The van der Waals surface area contributed by atoms with E-state index in [4.69, 9.17) is 4.74 Å². The molecule has 0 saturated carbocycles. The van der Waals surface area contributed by atoms with E-state index in [9.17, 15) is 4.79 Å². The number of hydrogen-bond acceptors (Lipinski definition) is 3. The molecule has 1 aromatic heterocycles. The molecule has 1 heterocycles. The van der Waals surface area contributed by atoms with Gasteiger partial charge in [-0.3, -0.25) is 4.79 Å². The van der Waals surface area contributed by atoms with E-state index in [1.165, 1.54) is 16.9 Å². The second-order valence-corrected chi connectivity index (χ2v) is 6.96. The van der Waals surface area contributed by atoms with Crippen molar-refractivity contribution in [2.24, 2.45) is 5.92 Å². The molecule has 116 valence electrons. The van der Waals surface area contributed by atoms with Crippen molar-refractivity contribution in [3.8, 4) is 5.75 Å². The molecule has 0 saturated heterocycles. The number of aryl methyl sites for hydroxylation is 1. The summed E-state index contributed by atoms with van der Waals surface area (Å²) in [5.41, 5.74) is 1.37. The van der Waals surface area contributed by atoms with Crippen molar-refractivity contribution >= 4 is 17.2 Å². The number of nitrogens with one attached hydrogen (secondary N) is 1. The zero-order chi connectivity index (χ0) is 15.4. The van der Waals surface area contributed by atoms with Crippen LogP contribution in [0.5, 0.6) is 5.75 Å². The normalized spacial score (nSPS) is 16.9. The maximum Gasteiger partial charge on any atom is 0.261 e. The van der Waals surface area contributed by atoms with Crippen molar-refractivity contribution in [3.05, 3.63) is 51.7 Å². The highest BCUT2D eigenvalue weighted by atomic mass is 32.1. The first-order chi connectivity index (χ1) is 10.7. The lowest BCUT2D eigenvalue weighted by Gasteiger charge is -2.16. The number of para-hydroxylation sites is 1. The summed E-state index contributed by atoms with van der Waals surface area (Å²) in [4.78, 5) is 14.4. The van der Waals surface area contributed by atoms with E-state index in [-0.39, 0.29) is 5.91 Å². The second kappa shape index (κ2) is 6.97. The van der Waals surface area contributed by atoms with Gasteiger partial charge >= 0.3 is 0 Å². The van der Waals surface area contributed by atoms with Gasteiger partial charge in [0.1, 0.15) is 12.4 Å². The van der Waals surface area contributed by atoms with Crippen LogP contribution in [0.1, 0.15) is 33.5 Å². The van der Waals surface area contributed by atoms with E-state index >= 15 is 0 Å². The smallest absolute Gasteiger partial charge is 0.261 e. The molecule has 1 atom stereocenters. The molecule has 1 aliphatic rings. The first-order valence-electron chi connectivity index (χ1n) is 7.80. The highest BCUT2D eigenvalue weighted by Crippen LogP contribution is 2.32. The molecule has 0 radical (unpaired) electrons. The zero-order valence-corrected chi connectivity index (χ0v) is 13.6. The van der Waals surface area contributed by atoms with Crippen molar-refractivity contribution in [1.82, 2.24) is 5.32 Å². The van der Waals surface area contributed by atoms with Crippen molar-refractivity contribution in [3.63, 3.8) is 0 Å². The number of rotatable bonds is 5. The highest BCUT2D eigenvalue weighted by Gasteiger charge is 2.20. The lowest BCUT2D eigenvalue weighted by molar-refractivity contribution is 0.0951. The van der Waals surface area contributed by atoms with Crippen molar-refractivity contribution in [2.75, 3.05) is 13.2 Å². The third-order valence-electron chi connectivity index (χ3n) is 3.95. The molecule has 3 nitrogen and oxygen atoms in total. The number of carbonyl (C=O) groups is 1. The largest absolute Gasteiger partial charge is 0.492 e. The molecule has 0 fully saturated rings. The van der Waals surface area contributed by atoms with Gasteiger partial charge in [-0.15, -0.1) is 11.3 Å². The van der Waals surface area contributed by atoms with Crippen LogP contribution in [0, 0.1) is 5.92 Å². The Kier molecular flexibility index (Phi) is 4.78. The Morgan fingerprint density at radius 2 is 2.18 bits per heavy atom. The van der Waals surface area contributed by atoms with E-state index in [2.05, 4.69) is 18.3 Å². The Labute approximate surface area is 135 Å². The van der Waals surface area contributed by atoms with E-state index in [1.807, 2.05) is 30.3 Å². The Balaban J connectivity index is 1.48. The van der Waals surface area contributed by atoms with Gasteiger partial charge in [0.05, 0.1) is 11.4 Å². The van der Waals surface area contributed by atoms with Crippen LogP contribution in [-0.4, -0.2) is 19.1 Å². The predicted octanol–water partition coefficient (Wildman–Crippen LogP) is 3.68. The average Bonchev–Trinajstić information content (AvgIpc) is 2.95. The number of benzene rings is 1. The minimum Gasteiger partial charge on any atom is -0.492 e. The van der Waals surface area contributed by atoms with Gasteiger partial charge in [0.15, 0.2) is 0 Å². The van der Waals surface area contributed by atoms with Gasteiger partial charge in [-0.05, 0) is 48.9 Å². The van der Waals surface area contributed by atoms with Crippen LogP contribution in [-0.2, 0) is 12.8 Å². The Bertz CT molecular complexity index is 636. The van der Waals surface area contributed by atoms with E-state index < -0.39 is 0 Å². The standard InChI is InChI=1S/C18H21NO2S/c1-13-7-8-16-14(11-13)12-17(22-16)18(20)19-9-10-21-15-5-3-2-4-6-15/h2-6,12-13H,7-11H2,1H3,(H,19,20). The van der Waals surface area contributed by atoms with E-state index in [0.29, 0.717) is 13.2 Å². The maximum absolute atomic E-state index is 12.2. The van der Waals surface area contributed by atoms with Crippen molar-refractivity contribution in [2.45, 2.75) is 26.2 Å². The summed E-state index contributed by atoms with van der Waals surface area (Å²) in [6.07, 6.45) is 3.46. The zero-order valence-electron chi connectivity index (χ0n) is 12.8. The molecule has 1 N–H and O–H groups in total. The molecule has 3 rings (SSSR count). The maximum atomic E-state index is 12.2. The Morgan fingerprint density at radius 3 is 3.00 bits per heavy atom. The summed E-state index contributed by atoms with van der Waals surface area (Å²) in [5, 5.41) is 2.94. The van der Waals surface area contributed by atoms with Crippen molar-refractivity contribution < 1.29 is 9.53 Å². The van der Waals surface area contributed by atoms with Gasteiger partial charge < -0.3 is 10.1 Å². The molecule has 1 amide bonds. The van der Waals surface area contributed by atoms with Crippen LogP contribution >= 0.6 is 11.3 Å². The Morgan fingerprint density at radius 1 is 1.36 bits per heavy atom. The number of thiophene rings is 1.